The van der Waals surface area contributed by atoms with Crippen molar-refractivity contribution in [2.75, 3.05) is 0 Å². The number of halogens is 1. The lowest BCUT2D eigenvalue weighted by Crippen LogP contribution is -2.12. The number of benzene rings is 2. The number of esters is 1. The SMILES string of the molecule is Cc1nc2ccccc2nc1COC(=O)c1cncn1-c1ccc(F)cc1. The zero-order valence-corrected chi connectivity index (χ0v) is 14.5. The molecular weight excluding hydrogens is 347 g/mol. The second-order valence-corrected chi connectivity index (χ2v) is 5.95. The summed E-state index contributed by atoms with van der Waals surface area (Å²) in [5.41, 5.74) is 3.68. The van der Waals surface area contributed by atoms with E-state index in [0.29, 0.717) is 17.1 Å². The van der Waals surface area contributed by atoms with Gasteiger partial charge in [0.25, 0.3) is 0 Å². The quantitative estimate of drug-likeness (QED) is 0.519. The number of rotatable bonds is 4. The van der Waals surface area contributed by atoms with E-state index in [0.717, 1.165) is 11.0 Å². The molecule has 0 fully saturated rings. The van der Waals surface area contributed by atoms with Gasteiger partial charge in [0.2, 0.25) is 0 Å². The summed E-state index contributed by atoms with van der Waals surface area (Å²) in [6.45, 7) is 1.82. The number of imidazole rings is 1. The molecule has 0 spiro atoms. The van der Waals surface area contributed by atoms with Crippen molar-refractivity contribution in [3.63, 3.8) is 0 Å². The maximum Gasteiger partial charge on any atom is 0.357 e. The van der Waals surface area contributed by atoms with Gasteiger partial charge in [-0.1, -0.05) is 12.1 Å². The van der Waals surface area contributed by atoms with Gasteiger partial charge in [0.15, 0.2) is 5.69 Å². The zero-order chi connectivity index (χ0) is 18.8. The molecule has 7 heteroatoms. The first-order valence-corrected chi connectivity index (χ1v) is 8.29. The monoisotopic (exact) mass is 362 g/mol. The predicted molar refractivity (Wildman–Crippen MR) is 96.9 cm³/mol. The van der Waals surface area contributed by atoms with E-state index < -0.39 is 5.97 Å². The van der Waals surface area contributed by atoms with E-state index >= 15 is 0 Å². The highest BCUT2D eigenvalue weighted by Gasteiger charge is 2.16. The largest absolute Gasteiger partial charge is 0.454 e. The fraction of sp³-hybridized carbons (Fsp3) is 0.100. The molecule has 4 aromatic rings. The first-order chi connectivity index (χ1) is 13.1. The normalized spacial score (nSPS) is 10.9. The van der Waals surface area contributed by atoms with E-state index in [1.165, 1.54) is 24.7 Å². The van der Waals surface area contributed by atoms with Crippen LogP contribution in [0.5, 0.6) is 0 Å². The number of fused-ring (bicyclic) bond motifs is 1. The van der Waals surface area contributed by atoms with Gasteiger partial charge >= 0.3 is 5.97 Å². The van der Waals surface area contributed by atoms with Gasteiger partial charge in [-0.3, -0.25) is 4.57 Å². The highest BCUT2D eigenvalue weighted by Crippen LogP contribution is 2.16. The van der Waals surface area contributed by atoms with E-state index in [4.69, 9.17) is 4.74 Å². The van der Waals surface area contributed by atoms with Crippen LogP contribution in [0.15, 0.2) is 61.1 Å². The van der Waals surface area contributed by atoms with Crippen LogP contribution in [0.2, 0.25) is 0 Å². The molecule has 0 atom stereocenters. The van der Waals surface area contributed by atoms with Crippen molar-refractivity contribution in [3.05, 3.63) is 84.0 Å². The summed E-state index contributed by atoms with van der Waals surface area (Å²) in [7, 11) is 0. The van der Waals surface area contributed by atoms with Crippen molar-refractivity contribution in [3.8, 4) is 5.69 Å². The molecule has 27 heavy (non-hydrogen) atoms. The van der Waals surface area contributed by atoms with Crippen LogP contribution >= 0.6 is 0 Å². The molecule has 0 saturated heterocycles. The Morgan fingerprint density at radius 1 is 1.07 bits per heavy atom. The lowest BCUT2D eigenvalue weighted by atomic mass is 10.2. The average molecular weight is 362 g/mol. The van der Waals surface area contributed by atoms with Crippen LogP contribution in [0, 0.1) is 12.7 Å². The van der Waals surface area contributed by atoms with E-state index in [2.05, 4.69) is 15.0 Å². The minimum absolute atomic E-state index is 0.00288. The number of aromatic nitrogens is 4. The fourth-order valence-corrected chi connectivity index (χ4v) is 2.72. The summed E-state index contributed by atoms with van der Waals surface area (Å²) in [5.74, 6) is -0.903. The van der Waals surface area contributed by atoms with Crippen molar-refractivity contribution in [2.45, 2.75) is 13.5 Å². The minimum Gasteiger partial charge on any atom is -0.454 e. The van der Waals surface area contributed by atoms with Crippen LogP contribution in [0.4, 0.5) is 4.39 Å². The Bertz CT molecular complexity index is 1120. The van der Waals surface area contributed by atoms with Gasteiger partial charge < -0.3 is 4.74 Å². The molecule has 4 rings (SSSR count). The molecule has 0 N–H and O–H groups in total. The molecule has 2 aromatic heterocycles. The molecule has 0 saturated carbocycles. The number of ether oxygens (including phenoxy) is 1. The summed E-state index contributed by atoms with van der Waals surface area (Å²) in [6, 6.07) is 13.3. The lowest BCUT2D eigenvalue weighted by Gasteiger charge is -2.10. The van der Waals surface area contributed by atoms with Gasteiger partial charge in [-0.2, -0.15) is 0 Å². The fourth-order valence-electron chi connectivity index (χ4n) is 2.72. The van der Waals surface area contributed by atoms with Gasteiger partial charge in [0, 0.05) is 5.69 Å². The maximum absolute atomic E-state index is 13.1. The smallest absolute Gasteiger partial charge is 0.357 e. The Kier molecular flexibility index (Phi) is 4.33. The average Bonchev–Trinajstić information content (AvgIpc) is 3.16. The van der Waals surface area contributed by atoms with Crippen LogP contribution < -0.4 is 0 Å². The molecule has 0 radical (unpaired) electrons. The third-order valence-corrected chi connectivity index (χ3v) is 4.14. The molecule has 0 aliphatic carbocycles. The van der Waals surface area contributed by atoms with Crippen LogP contribution in [0.3, 0.4) is 0 Å². The molecule has 0 bridgehead atoms. The first-order valence-electron chi connectivity index (χ1n) is 8.29. The van der Waals surface area contributed by atoms with Crippen LogP contribution in [-0.4, -0.2) is 25.5 Å². The summed E-state index contributed by atoms with van der Waals surface area (Å²) in [6.07, 6.45) is 2.88. The Morgan fingerprint density at radius 3 is 2.52 bits per heavy atom. The summed E-state index contributed by atoms with van der Waals surface area (Å²) in [5, 5.41) is 0. The number of para-hydroxylation sites is 2. The van der Waals surface area contributed by atoms with Crippen molar-refractivity contribution in [2.24, 2.45) is 0 Å². The van der Waals surface area contributed by atoms with E-state index in [9.17, 15) is 9.18 Å². The molecule has 0 unspecified atom stereocenters. The number of nitrogens with zero attached hydrogens (tertiary/aromatic N) is 4. The minimum atomic E-state index is -0.550. The molecular formula is C20H15FN4O2. The van der Waals surface area contributed by atoms with Gasteiger partial charge in [0.05, 0.1) is 34.9 Å². The Morgan fingerprint density at radius 2 is 1.78 bits per heavy atom. The van der Waals surface area contributed by atoms with Crippen molar-refractivity contribution < 1.29 is 13.9 Å². The van der Waals surface area contributed by atoms with Crippen LogP contribution in [0.25, 0.3) is 16.7 Å². The number of hydrogen-bond acceptors (Lipinski definition) is 5. The van der Waals surface area contributed by atoms with Crippen LogP contribution in [-0.2, 0) is 11.3 Å². The molecule has 6 nitrogen and oxygen atoms in total. The van der Waals surface area contributed by atoms with Crippen molar-refractivity contribution >= 4 is 17.0 Å². The first kappa shape index (κ1) is 16.8. The number of aryl methyl sites for hydroxylation is 1. The van der Waals surface area contributed by atoms with Crippen LogP contribution in [0.1, 0.15) is 21.9 Å². The Labute approximate surface area is 154 Å². The third-order valence-electron chi connectivity index (χ3n) is 4.14. The number of carbonyl (C=O) groups excluding carboxylic acids is 1. The third kappa shape index (κ3) is 3.39. The van der Waals surface area contributed by atoms with Gasteiger partial charge in [-0.25, -0.2) is 24.1 Å². The summed E-state index contributed by atoms with van der Waals surface area (Å²) in [4.78, 5) is 25.5. The van der Waals surface area contributed by atoms with Crippen molar-refractivity contribution in [1.82, 2.24) is 19.5 Å². The summed E-state index contributed by atoms with van der Waals surface area (Å²) >= 11 is 0. The molecule has 0 aliphatic rings. The Hall–Kier alpha value is -3.61. The topological polar surface area (TPSA) is 69.9 Å². The van der Waals surface area contributed by atoms with Gasteiger partial charge in [-0.05, 0) is 43.3 Å². The van der Waals surface area contributed by atoms with E-state index in [1.54, 1.807) is 16.7 Å². The van der Waals surface area contributed by atoms with Crippen molar-refractivity contribution in [1.29, 1.82) is 0 Å². The molecule has 2 aromatic carbocycles. The number of carbonyl (C=O) groups is 1. The van der Waals surface area contributed by atoms with Gasteiger partial charge in [-0.15, -0.1) is 0 Å². The highest BCUT2D eigenvalue weighted by atomic mass is 19.1. The molecule has 0 amide bonds. The standard InChI is InChI=1S/C20H15FN4O2/c1-13-18(24-17-5-3-2-4-16(17)23-13)11-27-20(26)19-10-22-12-25(19)15-8-6-14(21)7-9-15/h2-10,12H,11H2,1H3. The zero-order valence-electron chi connectivity index (χ0n) is 14.5. The highest BCUT2D eigenvalue weighted by molar-refractivity contribution is 5.88. The second kappa shape index (κ2) is 6.95. The number of hydrogen-bond donors (Lipinski definition) is 0. The lowest BCUT2D eigenvalue weighted by molar-refractivity contribution is 0.0457. The molecule has 134 valence electrons. The van der Waals surface area contributed by atoms with E-state index in [1.807, 2.05) is 31.2 Å². The molecule has 0 aliphatic heterocycles. The maximum atomic E-state index is 13.1. The predicted octanol–water partition coefficient (Wildman–Crippen LogP) is 3.62. The Balaban J connectivity index is 1.55. The summed E-state index contributed by atoms with van der Waals surface area (Å²) < 4.78 is 20.1. The van der Waals surface area contributed by atoms with Gasteiger partial charge in [0.1, 0.15) is 12.4 Å². The molecule has 2 heterocycles. The van der Waals surface area contributed by atoms with E-state index in [-0.39, 0.29) is 18.1 Å². The second-order valence-electron chi connectivity index (χ2n) is 5.95.